The van der Waals surface area contributed by atoms with Crippen molar-refractivity contribution >= 4 is 30.7 Å². The third-order valence-corrected chi connectivity index (χ3v) is 3.84. The molecule has 4 heterocycles. The summed E-state index contributed by atoms with van der Waals surface area (Å²) in [6.45, 7) is 0. The van der Waals surface area contributed by atoms with E-state index in [0.29, 0.717) is 16.3 Å². The molecule has 0 aliphatic carbocycles. The normalized spacial score (nSPS) is 24.3. The summed E-state index contributed by atoms with van der Waals surface area (Å²) in [6.07, 6.45) is 1.83. The highest BCUT2D eigenvalue weighted by atomic mass is 32.2. The van der Waals surface area contributed by atoms with Crippen molar-refractivity contribution in [1.82, 2.24) is 19.7 Å². The van der Waals surface area contributed by atoms with Crippen LogP contribution in [0.4, 0.5) is 0 Å². The maximum Gasteiger partial charge on any atom is 0.670 e. The smallest absolute Gasteiger partial charge is 0.364 e. The standard InChI is InChI=1S/C6H3N4O4PS/c1-16-5-7-3-2-4(9-5)12-15(11)13-6(8-3)10(2)14-15/h1H3. The SMILES string of the molecule is CSc1nc2c3c(n1)nc1n3OP(=O)(O2)O1. The molecular formula is C6H3N4O4PS. The first-order valence-corrected chi connectivity index (χ1v) is 6.91. The highest BCUT2D eigenvalue weighted by molar-refractivity contribution is 7.98. The Morgan fingerprint density at radius 2 is 2.19 bits per heavy atom. The molecular weight excluding hydrogens is 255 g/mol. The molecule has 8 nitrogen and oxygen atoms in total. The average Bonchev–Trinajstić information content (AvgIpc) is 2.67. The van der Waals surface area contributed by atoms with Crippen LogP contribution in [-0.4, -0.2) is 25.9 Å². The minimum Gasteiger partial charge on any atom is -0.364 e. The zero-order valence-corrected chi connectivity index (χ0v) is 9.49. The number of rotatable bonds is 1. The predicted octanol–water partition coefficient (Wildman–Crippen LogP) is 0.870. The van der Waals surface area contributed by atoms with E-state index in [0.717, 1.165) is 0 Å². The van der Waals surface area contributed by atoms with Gasteiger partial charge >= 0.3 is 13.8 Å². The lowest BCUT2D eigenvalue weighted by Gasteiger charge is -2.14. The lowest BCUT2D eigenvalue weighted by Crippen LogP contribution is -2.13. The number of nitrogens with zero attached hydrogens (tertiary/aromatic N) is 4. The molecule has 0 N–H and O–H groups in total. The zero-order valence-electron chi connectivity index (χ0n) is 7.78. The molecule has 0 spiro atoms. The van der Waals surface area contributed by atoms with E-state index in [2.05, 4.69) is 15.0 Å². The van der Waals surface area contributed by atoms with Crippen LogP contribution in [0.3, 0.4) is 0 Å². The molecule has 0 saturated heterocycles. The molecule has 1 unspecified atom stereocenters. The molecule has 16 heavy (non-hydrogen) atoms. The van der Waals surface area contributed by atoms with Crippen molar-refractivity contribution in [3.05, 3.63) is 0 Å². The lowest BCUT2D eigenvalue weighted by molar-refractivity contribution is 0.236. The number of imidazole rings is 1. The molecule has 0 amide bonds. The average molecular weight is 258 g/mol. The summed E-state index contributed by atoms with van der Waals surface area (Å²) in [6, 6.07) is 0.0876. The van der Waals surface area contributed by atoms with Gasteiger partial charge in [0.05, 0.1) is 0 Å². The molecule has 0 aromatic carbocycles. The van der Waals surface area contributed by atoms with Crippen LogP contribution < -0.4 is 13.7 Å². The molecule has 1 atom stereocenters. The van der Waals surface area contributed by atoms with E-state index in [1.54, 1.807) is 0 Å². The summed E-state index contributed by atoms with van der Waals surface area (Å²) in [4.78, 5) is 12.3. The van der Waals surface area contributed by atoms with E-state index in [9.17, 15) is 4.57 Å². The summed E-state index contributed by atoms with van der Waals surface area (Å²) in [5, 5.41) is 0.494. The maximum absolute atomic E-state index is 11.8. The third-order valence-electron chi connectivity index (χ3n) is 2.15. The molecule has 2 aliphatic heterocycles. The highest BCUT2D eigenvalue weighted by Gasteiger charge is 2.49. The van der Waals surface area contributed by atoms with E-state index in [-0.39, 0.29) is 11.9 Å². The number of fused-ring (bicyclic) bond motifs is 1. The molecule has 4 rings (SSSR count). The van der Waals surface area contributed by atoms with E-state index < -0.39 is 7.82 Å². The van der Waals surface area contributed by atoms with Crippen molar-refractivity contribution in [3.8, 4) is 11.9 Å². The third kappa shape index (κ3) is 0.879. The Bertz CT molecular complexity index is 685. The second-order valence-corrected chi connectivity index (χ2v) is 5.28. The largest absolute Gasteiger partial charge is 0.670 e. The monoisotopic (exact) mass is 258 g/mol. The van der Waals surface area contributed by atoms with Crippen molar-refractivity contribution < 1.29 is 18.2 Å². The Labute approximate surface area is 92.5 Å². The Morgan fingerprint density at radius 1 is 1.31 bits per heavy atom. The Morgan fingerprint density at radius 3 is 3.00 bits per heavy atom. The summed E-state index contributed by atoms with van der Waals surface area (Å²) in [5.41, 5.74) is 0.840. The van der Waals surface area contributed by atoms with Gasteiger partial charge < -0.3 is 9.05 Å². The number of phosphoric ester groups is 1. The second kappa shape index (κ2) is 2.44. The molecule has 2 bridgehead atoms. The molecule has 0 saturated carbocycles. The van der Waals surface area contributed by atoms with Gasteiger partial charge in [0.15, 0.2) is 16.3 Å². The molecule has 0 fully saturated rings. The number of hydrogen-bond donors (Lipinski definition) is 0. The first-order valence-electron chi connectivity index (χ1n) is 4.22. The molecule has 2 aromatic heterocycles. The molecule has 2 aliphatic rings. The van der Waals surface area contributed by atoms with Gasteiger partial charge in [0.2, 0.25) is 0 Å². The van der Waals surface area contributed by atoms with Crippen molar-refractivity contribution in [2.75, 3.05) is 6.26 Å². The first-order chi connectivity index (χ1) is 7.68. The summed E-state index contributed by atoms with van der Waals surface area (Å²) < 4.78 is 28.0. The van der Waals surface area contributed by atoms with E-state index in [1.807, 2.05) is 6.26 Å². The molecule has 10 heteroatoms. The maximum atomic E-state index is 11.8. The van der Waals surface area contributed by atoms with Crippen molar-refractivity contribution in [3.63, 3.8) is 0 Å². The van der Waals surface area contributed by atoms with Crippen LogP contribution in [0.2, 0.25) is 0 Å². The summed E-state index contributed by atoms with van der Waals surface area (Å²) in [7, 11) is -3.60. The van der Waals surface area contributed by atoms with Gasteiger partial charge in [-0.3, -0.25) is 4.62 Å². The lowest BCUT2D eigenvalue weighted by atomic mass is 10.5. The fraction of sp³-hybridized carbons (Fsp3) is 0.167. The van der Waals surface area contributed by atoms with Gasteiger partial charge in [-0.05, 0) is 6.26 Å². The highest BCUT2D eigenvalue weighted by Crippen LogP contribution is 2.56. The predicted molar refractivity (Wildman–Crippen MR) is 52.5 cm³/mol. The molecule has 0 radical (unpaired) electrons. The van der Waals surface area contributed by atoms with Crippen LogP contribution >= 0.6 is 19.6 Å². The molecule has 82 valence electrons. The molecule has 2 aromatic rings. The van der Waals surface area contributed by atoms with E-state index in [1.165, 1.54) is 16.5 Å². The van der Waals surface area contributed by atoms with Crippen molar-refractivity contribution in [2.24, 2.45) is 0 Å². The van der Waals surface area contributed by atoms with Crippen molar-refractivity contribution in [1.29, 1.82) is 0 Å². The van der Waals surface area contributed by atoms with Gasteiger partial charge in [0, 0.05) is 0 Å². The quantitative estimate of drug-likeness (QED) is 0.423. The van der Waals surface area contributed by atoms with Crippen LogP contribution in [0.25, 0.3) is 11.2 Å². The Kier molecular flexibility index (Phi) is 1.32. The summed E-state index contributed by atoms with van der Waals surface area (Å²) in [5.74, 6) is 0.181. The van der Waals surface area contributed by atoms with E-state index >= 15 is 0 Å². The van der Waals surface area contributed by atoms with Crippen LogP contribution in [0, 0.1) is 0 Å². The van der Waals surface area contributed by atoms with Crippen LogP contribution in [0.5, 0.6) is 11.9 Å². The summed E-state index contributed by atoms with van der Waals surface area (Å²) >= 11 is 1.34. The van der Waals surface area contributed by atoms with Crippen LogP contribution in [0.15, 0.2) is 5.16 Å². The number of aromatic nitrogens is 4. The van der Waals surface area contributed by atoms with Crippen LogP contribution in [0.1, 0.15) is 0 Å². The van der Waals surface area contributed by atoms with Gasteiger partial charge in [-0.25, -0.2) is 4.98 Å². The first kappa shape index (κ1) is 8.66. The Hall–Kier alpha value is -1.47. The fourth-order valence-electron chi connectivity index (χ4n) is 1.54. The van der Waals surface area contributed by atoms with Crippen LogP contribution in [-0.2, 0) is 4.57 Å². The minimum absolute atomic E-state index is 0.0876. The van der Waals surface area contributed by atoms with Gasteiger partial charge in [-0.2, -0.15) is 14.5 Å². The van der Waals surface area contributed by atoms with Gasteiger partial charge in [-0.1, -0.05) is 11.8 Å². The minimum atomic E-state index is -3.60. The number of phosphoric acid groups is 1. The van der Waals surface area contributed by atoms with Gasteiger partial charge in [-0.15, -0.1) is 4.73 Å². The number of thioether (sulfide) groups is 1. The second-order valence-electron chi connectivity index (χ2n) is 3.09. The fourth-order valence-corrected chi connectivity index (χ4v) is 3.00. The topological polar surface area (TPSA) is 88.4 Å². The van der Waals surface area contributed by atoms with E-state index in [4.69, 9.17) is 13.7 Å². The van der Waals surface area contributed by atoms with Gasteiger partial charge in [0.25, 0.3) is 5.88 Å². The zero-order chi connectivity index (χ0) is 10.9. The number of hydrogen-bond acceptors (Lipinski definition) is 8. The Balaban J connectivity index is 2.16. The van der Waals surface area contributed by atoms with Gasteiger partial charge in [0.1, 0.15) is 0 Å². The van der Waals surface area contributed by atoms with Crippen molar-refractivity contribution in [2.45, 2.75) is 5.16 Å².